The molecule has 0 fully saturated rings. The summed E-state index contributed by atoms with van der Waals surface area (Å²) in [5.41, 5.74) is 4.53. The maximum atomic E-state index is 11.2. The smallest absolute Gasteiger partial charge is 0.308 e. The second kappa shape index (κ2) is 6.90. The summed E-state index contributed by atoms with van der Waals surface area (Å²) < 4.78 is 5.32. The van der Waals surface area contributed by atoms with E-state index >= 15 is 0 Å². The van der Waals surface area contributed by atoms with Gasteiger partial charge in [-0.2, -0.15) is 0 Å². The van der Waals surface area contributed by atoms with E-state index < -0.39 is 0 Å². The van der Waals surface area contributed by atoms with E-state index in [4.69, 9.17) is 4.74 Å². The van der Waals surface area contributed by atoms with Crippen molar-refractivity contribution in [1.82, 2.24) is 0 Å². The van der Waals surface area contributed by atoms with Gasteiger partial charge in [-0.3, -0.25) is 4.79 Å². The van der Waals surface area contributed by atoms with Crippen LogP contribution in [0, 0.1) is 20.8 Å². The van der Waals surface area contributed by atoms with Gasteiger partial charge in [0.25, 0.3) is 0 Å². The third-order valence-corrected chi connectivity index (χ3v) is 4.21. The number of phenolic OH excluding ortho intramolecular Hbond substituents is 1. The normalized spacial score (nSPS) is 11.6. The van der Waals surface area contributed by atoms with Crippen LogP contribution in [-0.4, -0.2) is 11.1 Å². The molecule has 3 nitrogen and oxygen atoms in total. The van der Waals surface area contributed by atoms with Crippen LogP contribution in [0.3, 0.4) is 0 Å². The predicted octanol–water partition coefficient (Wildman–Crippen LogP) is 3.95. The molecule has 1 aromatic carbocycles. The molecular formula is C16H23O3P. The highest BCUT2D eigenvalue weighted by Crippen LogP contribution is 2.38. The number of allylic oxidation sites excluding steroid dienone is 1. The summed E-state index contributed by atoms with van der Waals surface area (Å²) in [6, 6.07) is 0. The van der Waals surface area contributed by atoms with Crippen molar-refractivity contribution in [3.05, 3.63) is 33.6 Å². The van der Waals surface area contributed by atoms with Gasteiger partial charge in [0.1, 0.15) is 11.5 Å². The van der Waals surface area contributed by atoms with Gasteiger partial charge in [-0.15, -0.1) is 9.24 Å². The minimum absolute atomic E-state index is 0.312. The van der Waals surface area contributed by atoms with Crippen LogP contribution in [-0.2, 0) is 11.2 Å². The van der Waals surface area contributed by atoms with Crippen molar-refractivity contribution >= 4 is 15.2 Å². The van der Waals surface area contributed by atoms with E-state index in [2.05, 4.69) is 9.24 Å². The Morgan fingerprint density at radius 1 is 1.20 bits per heavy atom. The molecule has 0 saturated carbocycles. The van der Waals surface area contributed by atoms with Crippen molar-refractivity contribution < 1.29 is 14.6 Å². The molecule has 0 spiro atoms. The van der Waals surface area contributed by atoms with Crippen LogP contribution in [0.25, 0.3) is 0 Å². The third-order valence-electron chi connectivity index (χ3n) is 3.64. The number of hydrogen-bond donors (Lipinski definition) is 1. The van der Waals surface area contributed by atoms with E-state index in [1.165, 1.54) is 12.5 Å². The van der Waals surface area contributed by atoms with E-state index in [1.807, 2.05) is 33.5 Å². The summed E-state index contributed by atoms with van der Waals surface area (Å²) >= 11 is 0. The van der Waals surface area contributed by atoms with E-state index in [1.54, 1.807) is 0 Å². The summed E-state index contributed by atoms with van der Waals surface area (Å²) in [4.78, 5) is 11.2. The monoisotopic (exact) mass is 294 g/mol. The van der Waals surface area contributed by atoms with Crippen molar-refractivity contribution in [3.63, 3.8) is 0 Å². The quantitative estimate of drug-likeness (QED) is 0.519. The topological polar surface area (TPSA) is 46.5 Å². The molecule has 0 aliphatic heterocycles. The van der Waals surface area contributed by atoms with E-state index in [9.17, 15) is 9.90 Å². The maximum Gasteiger partial charge on any atom is 0.308 e. The van der Waals surface area contributed by atoms with Crippen LogP contribution in [0.2, 0.25) is 0 Å². The minimum atomic E-state index is -0.340. The number of esters is 1. The van der Waals surface area contributed by atoms with Gasteiger partial charge in [0.2, 0.25) is 0 Å². The zero-order valence-electron chi connectivity index (χ0n) is 12.8. The van der Waals surface area contributed by atoms with Crippen LogP contribution in [0.4, 0.5) is 0 Å². The number of phenols is 1. The van der Waals surface area contributed by atoms with Crippen molar-refractivity contribution in [1.29, 1.82) is 0 Å². The van der Waals surface area contributed by atoms with Crippen LogP contribution >= 0.6 is 9.24 Å². The molecule has 1 aromatic rings. The molecule has 0 aromatic heterocycles. The molecule has 0 saturated heterocycles. The zero-order chi connectivity index (χ0) is 15.4. The van der Waals surface area contributed by atoms with Gasteiger partial charge in [-0.25, -0.2) is 0 Å². The largest absolute Gasteiger partial charge is 0.507 e. The molecule has 0 heterocycles. The van der Waals surface area contributed by atoms with Gasteiger partial charge in [-0.1, -0.05) is 11.4 Å². The van der Waals surface area contributed by atoms with E-state index in [0.29, 0.717) is 11.5 Å². The fourth-order valence-corrected chi connectivity index (χ4v) is 2.35. The molecule has 1 N–H and O–H groups in total. The Morgan fingerprint density at radius 3 is 2.30 bits per heavy atom. The van der Waals surface area contributed by atoms with Crippen molar-refractivity contribution in [2.24, 2.45) is 0 Å². The van der Waals surface area contributed by atoms with Gasteiger partial charge in [-0.05, 0) is 57.2 Å². The Kier molecular flexibility index (Phi) is 5.76. The summed E-state index contributed by atoms with van der Waals surface area (Å²) in [5.74, 6) is 2.54. The number of carbonyl (C=O) groups excluding carboxylic acids is 1. The second-order valence-corrected chi connectivity index (χ2v) is 5.47. The molecule has 1 atom stereocenters. The summed E-state index contributed by atoms with van der Waals surface area (Å²) in [6.07, 6.45) is 1.59. The molecule has 0 aliphatic carbocycles. The third kappa shape index (κ3) is 3.61. The standard InChI is InChI=1S/C16H23O3P/c1-9(8-20)6-7-14-12(4)16(19-13(5)17)11(3)10(2)15(14)18/h8,18H,6-7,20H2,1-5H3/b9-8-. The van der Waals surface area contributed by atoms with E-state index in [-0.39, 0.29) is 5.97 Å². The van der Waals surface area contributed by atoms with Crippen molar-refractivity contribution in [3.8, 4) is 11.5 Å². The Bertz CT molecular complexity index is 560. The van der Waals surface area contributed by atoms with Gasteiger partial charge in [0.15, 0.2) is 0 Å². The number of ether oxygens (including phenoxy) is 1. The van der Waals surface area contributed by atoms with Crippen LogP contribution in [0.1, 0.15) is 42.5 Å². The lowest BCUT2D eigenvalue weighted by Gasteiger charge is -2.18. The van der Waals surface area contributed by atoms with Gasteiger partial charge in [0, 0.05) is 12.5 Å². The molecule has 20 heavy (non-hydrogen) atoms. The zero-order valence-corrected chi connectivity index (χ0v) is 14.0. The van der Waals surface area contributed by atoms with Crippen molar-refractivity contribution in [2.45, 2.75) is 47.5 Å². The molecule has 4 heteroatoms. The lowest BCUT2D eigenvalue weighted by atomic mass is 9.93. The number of aromatic hydroxyl groups is 1. The fraction of sp³-hybridized carbons (Fsp3) is 0.438. The number of benzene rings is 1. The molecule has 110 valence electrons. The van der Waals surface area contributed by atoms with Gasteiger partial charge < -0.3 is 9.84 Å². The minimum Gasteiger partial charge on any atom is -0.507 e. The maximum absolute atomic E-state index is 11.2. The molecule has 1 rings (SSSR count). The molecule has 0 radical (unpaired) electrons. The lowest BCUT2D eigenvalue weighted by Crippen LogP contribution is -2.08. The number of carbonyl (C=O) groups is 1. The Hall–Kier alpha value is -1.34. The number of rotatable bonds is 4. The Balaban J connectivity index is 3.29. The average Bonchev–Trinajstić information content (AvgIpc) is 2.40. The molecule has 0 aliphatic rings. The van der Waals surface area contributed by atoms with Gasteiger partial charge in [0.05, 0.1) is 0 Å². The first-order chi connectivity index (χ1) is 9.29. The lowest BCUT2D eigenvalue weighted by molar-refractivity contribution is -0.131. The average molecular weight is 294 g/mol. The second-order valence-electron chi connectivity index (χ2n) is 5.14. The fourth-order valence-electron chi connectivity index (χ4n) is 2.18. The molecule has 0 bridgehead atoms. The Labute approximate surface area is 123 Å². The summed E-state index contributed by atoms with van der Waals surface area (Å²) in [6.45, 7) is 9.03. The first-order valence-electron chi connectivity index (χ1n) is 6.67. The predicted molar refractivity (Wildman–Crippen MR) is 85.4 cm³/mol. The molecule has 1 unspecified atom stereocenters. The molecule has 0 amide bonds. The van der Waals surface area contributed by atoms with Crippen LogP contribution in [0.15, 0.2) is 11.4 Å². The van der Waals surface area contributed by atoms with Crippen LogP contribution in [0.5, 0.6) is 11.5 Å². The summed E-state index contributed by atoms with van der Waals surface area (Å²) in [7, 11) is 2.58. The van der Waals surface area contributed by atoms with Crippen molar-refractivity contribution in [2.75, 3.05) is 0 Å². The Morgan fingerprint density at radius 2 is 1.80 bits per heavy atom. The molecular weight excluding hydrogens is 271 g/mol. The summed E-state index contributed by atoms with van der Waals surface area (Å²) in [5, 5.41) is 10.3. The van der Waals surface area contributed by atoms with E-state index in [0.717, 1.165) is 35.1 Å². The first kappa shape index (κ1) is 16.7. The number of hydrogen-bond acceptors (Lipinski definition) is 3. The first-order valence-corrected chi connectivity index (χ1v) is 7.33. The highest BCUT2D eigenvalue weighted by molar-refractivity contribution is 7.20. The SMILES string of the molecule is CC(=O)Oc1c(C)c(C)c(O)c(CC/C(C)=C\P)c1C. The van der Waals surface area contributed by atoms with Gasteiger partial charge >= 0.3 is 5.97 Å². The highest BCUT2D eigenvalue weighted by Gasteiger charge is 2.18. The highest BCUT2D eigenvalue weighted by atomic mass is 31.0. The van der Waals surface area contributed by atoms with Crippen LogP contribution < -0.4 is 4.74 Å².